The lowest BCUT2D eigenvalue weighted by atomic mass is 9.99. The molecule has 0 N–H and O–H groups in total. The summed E-state index contributed by atoms with van der Waals surface area (Å²) in [6.45, 7) is 5.71. The highest BCUT2D eigenvalue weighted by Gasteiger charge is 2.34. The average Bonchev–Trinajstić information content (AvgIpc) is 3.52. The summed E-state index contributed by atoms with van der Waals surface area (Å²) in [5.41, 5.74) is 9.18. The number of fused-ring (bicyclic) bond motifs is 1. The second-order valence-corrected chi connectivity index (χ2v) is 10.9. The van der Waals surface area contributed by atoms with Crippen LogP contribution in [0.15, 0.2) is 101 Å². The van der Waals surface area contributed by atoms with Crippen LogP contribution in [0.2, 0.25) is 0 Å². The molecular formula is C34H26N6O2S. The Hall–Kier alpha value is -5.46. The second kappa shape index (κ2) is 11.1. The number of carbonyl (C=O) groups excluding carboxylic acids is 2. The van der Waals surface area contributed by atoms with Gasteiger partial charge in [0.15, 0.2) is 0 Å². The van der Waals surface area contributed by atoms with E-state index in [4.69, 9.17) is 0 Å². The molecule has 0 fully saturated rings. The number of aliphatic imine (C=N–C) groups is 1. The molecule has 43 heavy (non-hydrogen) atoms. The lowest BCUT2D eigenvalue weighted by Gasteiger charge is -2.26. The Bertz CT molecular complexity index is 1950. The van der Waals surface area contributed by atoms with E-state index in [2.05, 4.69) is 105 Å². The number of likely N-dealkylation sites (N-methyl/N-ethyl adjacent to an activating group) is 1. The van der Waals surface area contributed by atoms with E-state index in [-0.39, 0.29) is 16.9 Å². The first-order valence-electron chi connectivity index (χ1n) is 13.6. The first kappa shape index (κ1) is 27.7. The molecule has 1 aliphatic rings. The summed E-state index contributed by atoms with van der Waals surface area (Å²) in [7, 11) is 1.34. The topological polar surface area (TPSA) is 103 Å². The van der Waals surface area contributed by atoms with Gasteiger partial charge in [0.1, 0.15) is 28.4 Å². The summed E-state index contributed by atoms with van der Waals surface area (Å²) in [6, 6.07) is 30.8. The molecule has 9 heteroatoms. The van der Waals surface area contributed by atoms with Crippen molar-refractivity contribution in [2.24, 2.45) is 4.99 Å². The first-order chi connectivity index (χ1) is 20.8. The van der Waals surface area contributed by atoms with Crippen molar-refractivity contribution in [3.8, 4) is 17.2 Å². The van der Waals surface area contributed by atoms with Crippen molar-refractivity contribution < 1.29 is 9.59 Å². The van der Waals surface area contributed by atoms with E-state index in [1.54, 1.807) is 13.0 Å². The van der Waals surface area contributed by atoms with Gasteiger partial charge in [-0.2, -0.15) is 14.0 Å². The number of hydrogen-bond donors (Lipinski definition) is 0. The Morgan fingerprint density at radius 1 is 0.744 bits per heavy atom. The highest BCUT2D eigenvalue weighted by Crippen LogP contribution is 2.38. The van der Waals surface area contributed by atoms with Gasteiger partial charge in [-0.1, -0.05) is 47.5 Å². The fourth-order valence-electron chi connectivity index (χ4n) is 5.04. The third-order valence-corrected chi connectivity index (χ3v) is 8.04. The molecule has 6 rings (SSSR count). The van der Waals surface area contributed by atoms with Gasteiger partial charge in [-0.25, -0.2) is 4.99 Å². The summed E-state index contributed by atoms with van der Waals surface area (Å²) in [5.74, 6) is -1.20. The van der Waals surface area contributed by atoms with Crippen molar-refractivity contribution in [1.29, 1.82) is 5.26 Å². The van der Waals surface area contributed by atoms with Gasteiger partial charge in [0.25, 0.3) is 11.8 Å². The van der Waals surface area contributed by atoms with Crippen molar-refractivity contribution in [2.75, 3.05) is 11.9 Å². The lowest BCUT2D eigenvalue weighted by Crippen LogP contribution is -2.44. The monoisotopic (exact) mass is 582 g/mol. The van der Waals surface area contributed by atoms with Gasteiger partial charge >= 0.3 is 0 Å². The van der Waals surface area contributed by atoms with E-state index in [0.29, 0.717) is 16.7 Å². The van der Waals surface area contributed by atoms with Gasteiger partial charge in [-0.3, -0.25) is 14.5 Å². The van der Waals surface area contributed by atoms with Crippen LogP contribution < -0.4 is 4.90 Å². The van der Waals surface area contributed by atoms with Crippen LogP contribution in [0.3, 0.4) is 0 Å². The molecule has 2 amide bonds. The van der Waals surface area contributed by atoms with Crippen molar-refractivity contribution in [3.05, 3.63) is 107 Å². The predicted molar refractivity (Wildman–Crippen MR) is 170 cm³/mol. The van der Waals surface area contributed by atoms with Crippen LogP contribution in [-0.2, 0) is 9.59 Å². The number of anilines is 3. The largest absolute Gasteiger partial charge is 0.311 e. The highest BCUT2D eigenvalue weighted by atomic mass is 32.1. The quantitative estimate of drug-likeness (QED) is 0.201. The van der Waals surface area contributed by atoms with Crippen LogP contribution >= 0.6 is 11.7 Å². The standard InChI is InChI=1S/C34H26N6O2S/c1-20-5-11-24(12-6-20)40(25-13-7-21(2)8-14-25)26-15-9-23(10-16-26)27-17-18-29(32-31(27)37-43-38-32)36-30-22(3)28(19-35)33(41)39(4)34(30)42/h5-18H,1-4H3. The van der Waals surface area contributed by atoms with E-state index >= 15 is 0 Å². The van der Waals surface area contributed by atoms with Crippen molar-refractivity contribution in [3.63, 3.8) is 0 Å². The first-order valence-corrected chi connectivity index (χ1v) is 14.3. The zero-order chi connectivity index (χ0) is 30.2. The maximum Gasteiger partial charge on any atom is 0.279 e. The fraction of sp³-hybridized carbons (Fsp3) is 0.118. The molecule has 0 saturated carbocycles. The molecule has 4 aromatic carbocycles. The van der Waals surface area contributed by atoms with Crippen LogP contribution in [0.1, 0.15) is 18.1 Å². The zero-order valence-electron chi connectivity index (χ0n) is 24.0. The minimum atomic E-state index is -0.633. The SMILES string of the molecule is CC1=C(C#N)C(=O)N(C)C(=O)C1=Nc1ccc(-c2ccc(N(c3ccc(C)cc3)c3ccc(C)cc3)cc2)c2nsnc12. The Labute approximate surface area is 253 Å². The molecule has 2 heterocycles. The van der Waals surface area contributed by atoms with E-state index in [9.17, 15) is 14.9 Å². The molecular weight excluding hydrogens is 556 g/mol. The van der Waals surface area contributed by atoms with Crippen LogP contribution in [-0.4, -0.2) is 38.2 Å². The van der Waals surface area contributed by atoms with Crippen LogP contribution in [0.5, 0.6) is 0 Å². The third-order valence-electron chi connectivity index (χ3n) is 7.51. The molecule has 0 bridgehead atoms. The van der Waals surface area contributed by atoms with Gasteiger partial charge in [-0.15, -0.1) is 0 Å². The number of amides is 2. The Morgan fingerprint density at radius 3 is 1.84 bits per heavy atom. The molecule has 5 aromatic rings. The smallest absolute Gasteiger partial charge is 0.279 e. The summed E-state index contributed by atoms with van der Waals surface area (Å²) in [4.78, 5) is 32.9. The zero-order valence-corrected chi connectivity index (χ0v) is 24.8. The molecule has 0 spiro atoms. The average molecular weight is 583 g/mol. The second-order valence-electron chi connectivity index (χ2n) is 10.4. The van der Waals surface area contributed by atoms with E-state index < -0.39 is 11.8 Å². The Balaban J connectivity index is 1.40. The third kappa shape index (κ3) is 4.98. The summed E-state index contributed by atoms with van der Waals surface area (Å²) < 4.78 is 9.03. The molecule has 1 aliphatic heterocycles. The van der Waals surface area contributed by atoms with Crippen LogP contribution in [0, 0.1) is 25.2 Å². The molecule has 0 radical (unpaired) electrons. The van der Waals surface area contributed by atoms with Gasteiger partial charge < -0.3 is 4.90 Å². The summed E-state index contributed by atoms with van der Waals surface area (Å²) in [5, 5.41) is 9.48. The van der Waals surface area contributed by atoms with Crippen LogP contribution in [0.25, 0.3) is 22.2 Å². The van der Waals surface area contributed by atoms with Gasteiger partial charge in [-0.05, 0) is 74.9 Å². The van der Waals surface area contributed by atoms with Gasteiger partial charge in [0.05, 0.1) is 17.4 Å². The summed E-state index contributed by atoms with van der Waals surface area (Å²) in [6.07, 6.45) is 0. The Morgan fingerprint density at radius 2 is 1.28 bits per heavy atom. The number of aromatic nitrogens is 2. The summed E-state index contributed by atoms with van der Waals surface area (Å²) >= 11 is 1.06. The number of aryl methyl sites for hydroxylation is 2. The van der Waals surface area contributed by atoms with Gasteiger partial charge in [0, 0.05) is 35.2 Å². The van der Waals surface area contributed by atoms with E-state index in [1.807, 2.05) is 12.1 Å². The number of benzene rings is 4. The number of nitrogens with zero attached hydrogens (tertiary/aromatic N) is 6. The van der Waals surface area contributed by atoms with Crippen molar-refractivity contribution in [2.45, 2.75) is 20.8 Å². The number of carbonyl (C=O) groups is 2. The molecule has 0 saturated heterocycles. The molecule has 8 nitrogen and oxygen atoms in total. The fourth-order valence-corrected chi connectivity index (χ4v) is 5.61. The van der Waals surface area contributed by atoms with Gasteiger partial charge in [0.2, 0.25) is 0 Å². The minimum Gasteiger partial charge on any atom is -0.311 e. The molecule has 0 atom stereocenters. The van der Waals surface area contributed by atoms with E-state index in [1.165, 1.54) is 18.2 Å². The maximum absolute atomic E-state index is 12.9. The molecule has 0 aliphatic carbocycles. The molecule has 210 valence electrons. The number of imide groups is 1. The number of nitriles is 1. The van der Waals surface area contributed by atoms with Crippen LogP contribution in [0.4, 0.5) is 22.7 Å². The van der Waals surface area contributed by atoms with E-state index in [0.717, 1.165) is 44.8 Å². The number of rotatable bonds is 5. The molecule has 0 unspecified atom stereocenters. The predicted octanol–water partition coefficient (Wildman–Crippen LogP) is 7.36. The Kier molecular flexibility index (Phi) is 7.14. The maximum atomic E-state index is 12.9. The number of hydrogen-bond acceptors (Lipinski definition) is 8. The lowest BCUT2D eigenvalue weighted by molar-refractivity contribution is -0.136. The normalized spacial score (nSPS) is 14.5. The van der Waals surface area contributed by atoms with Crippen molar-refractivity contribution >= 4 is 63.0 Å². The minimum absolute atomic E-state index is 0.0392. The van der Waals surface area contributed by atoms with Crippen molar-refractivity contribution in [1.82, 2.24) is 13.6 Å². The highest BCUT2D eigenvalue weighted by molar-refractivity contribution is 7.00. The molecule has 1 aromatic heterocycles.